The van der Waals surface area contributed by atoms with Gasteiger partial charge >= 0.3 is 12.1 Å². The number of anilines is 1. The van der Waals surface area contributed by atoms with E-state index in [1.807, 2.05) is 0 Å². The summed E-state index contributed by atoms with van der Waals surface area (Å²) in [5.41, 5.74) is -4.17. The van der Waals surface area contributed by atoms with E-state index >= 15 is 0 Å². The third-order valence-electron chi connectivity index (χ3n) is 12.3. The number of carbonyl (C=O) groups is 2. The summed E-state index contributed by atoms with van der Waals surface area (Å²) in [6, 6.07) is 4.61. The summed E-state index contributed by atoms with van der Waals surface area (Å²) in [7, 11) is 0. The van der Waals surface area contributed by atoms with Crippen LogP contribution in [-0.2, 0) is 15.7 Å². The average Bonchev–Trinajstić information content (AvgIpc) is 3.68. The molecule has 0 spiro atoms. The maximum absolute atomic E-state index is 15.0. The number of pyridine rings is 1. The number of carbonyl (C=O) groups excluding carboxylic acids is 2. The van der Waals surface area contributed by atoms with Gasteiger partial charge in [-0.25, -0.2) is 33.5 Å². The number of hydrogen-bond acceptors (Lipinski definition) is 10. The fourth-order valence-corrected chi connectivity index (χ4v) is 9.66. The van der Waals surface area contributed by atoms with Crippen molar-refractivity contribution in [2.45, 2.75) is 127 Å². The molecule has 4 aromatic heterocycles. The SMILES string of the molecule is CC1CC2CC(C1)C(NC(=O)c1cnc(-c3cn(C4CCC(F)(F)CC4)c4nc(OC5CCN(c6ncccn6)CC5)ccc34)nc1C(F)(F)F)(C(=O)OC(C)(C)C)C2. The van der Waals surface area contributed by atoms with Crippen LogP contribution in [0.5, 0.6) is 5.88 Å². The van der Waals surface area contributed by atoms with Crippen molar-refractivity contribution in [1.29, 1.82) is 0 Å². The Hall–Kier alpha value is -4.96. The van der Waals surface area contributed by atoms with E-state index in [9.17, 15) is 31.5 Å². The molecule has 0 radical (unpaired) electrons. The number of piperidine rings is 1. The number of rotatable bonds is 8. The second-order valence-electron chi connectivity index (χ2n) is 17.9. The van der Waals surface area contributed by atoms with E-state index in [0.29, 0.717) is 55.8 Å². The van der Waals surface area contributed by atoms with Gasteiger partial charge in [-0.3, -0.25) is 4.79 Å². The van der Waals surface area contributed by atoms with Crippen LogP contribution in [-0.4, -0.2) is 77.6 Å². The zero-order valence-corrected chi connectivity index (χ0v) is 33.6. The lowest BCUT2D eigenvalue weighted by Gasteiger charge is -2.37. The summed E-state index contributed by atoms with van der Waals surface area (Å²) in [6.07, 6.45) is 3.73. The monoisotopic (exact) mass is 824 g/mol. The van der Waals surface area contributed by atoms with Gasteiger partial charge in [-0.2, -0.15) is 18.2 Å². The normalized spacial score (nSPS) is 25.2. The molecule has 3 saturated carbocycles. The molecule has 316 valence electrons. The molecule has 4 aliphatic rings. The van der Waals surface area contributed by atoms with Crippen LogP contribution in [0.4, 0.5) is 27.9 Å². The predicted octanol–water partition coefficient (Wildman–Crippen LogP) is 8.37. The Labute approximate surface area is 338 Å². The Kier molecular flexibility index (Phi) is 10.5. The highest BCUT2D eigenvalue weighted by molar-refractivity contribution is 6.00. The minimum absolute atomic E-state index is 0.104. The number of nitrogens with one attached hydrogen (secondary N) is 1. The summed E-state index contributed by atoms with van der Waals surface area (Å²) < 4.78 is 87.3. The van der Waals surface area contributed by atoms with E-state index in [1.165, 1.54) is 0 Å². The topological polar surface area (TPSA) is 137 Å². The molecule has 4 aromatic rings. The minimum atomic E-state index is -5.08. The van der Waals surface area contributed by atoms with Gasteiger partial charge in [0.2, 0.25) is 17.8 Å². The van der Waals surface area contributed by atoms with Crippen molar-refractivity contribution in [3.63, 3.8) is 0 Å². The number of alkyl halides is 5. The van der Waals surface area contributed by atoms with Gasteiger partial charge in [0.1, 0.15) is 22.9 Å². The van der Waals surface area contributed by atoms with Crippen LogP contribution in [0.3, 0.4) is 0 Å². The molecule has 3 aliphatic carbocycles. The smallest absolute Gasteiger partial charge is 0.434 e. The maximum Gasteiger partial charge on any atom is 0.434 e. The van der Waals surface area contributed by atoms with Crippen LogP contribution in [0.2, 0.25) is 0 Å². The lowest BCUT2D eigenvalue weighted by Crippen LogP contribution is -2.59. The molecule has 4 atom stereocenters. The molecule has 4 fully saturated rings. The van der Waals surface area contributed by atoms with Crippen molar-refractivity contribution < 1.29 is 41.0 Å². The van der Waals surface area contributed by atoms with Crippen LogP contribution >= 0.6 is 0 Å². The Morgan fingerprint density at radius 3 is 2.32 bits per heavy atom. The van der Waals surface area contributed by atoms with E-state index < -0.39 is 52.4 Å². The Balaban J connectivity index is 1.11. The molecule has 59 heavy (non-hydrogen) atoms. The molecule has 12 nitrogen and oxygen atoms in total. The Morgan fingerprint density at radius 2 is 1.64 bits per heavy atom. The van der Waals surface area contributed by atoms with Gasteiger partial charge < -0.3 is 24.3 Å². The summed E-state index contributed by atoms with van der Waals surface area (Å²) >= 11 is 0. The van der Waals surface area contributed by atoms with Gasteiger partial charge in [0.25, 0.3) is 5.91 Å². The summed E-state index contributed by atoms with van der Waals surface area (Å²) in [6.45, 7) is 8.49. The summed E-state index contributed by atoms with van der Waals surface area (Å²) in [5, 5.41) is 3.13. The van der Waals surface area contributed by atoms with Gasteiger partial charge in [-0.1, -0.05) is 6.92 Å². The highest BCUT2D eigenvalue weighted by Crippen LogP contribution is 2.51. The summed E-state index contributed by atoms with van der Waals surface area (Å²) in [4.78, 5) is 51.7. The van der Waals surface area contributed by atoms with Crippen LogP contribution in [0, 0.1) is 17.8 Å². The number of hydrogen-bond donors (Lipinski definition) is 1. The maximum atomic E-state index is 15.0. The molecule has 1 aliphatic heterocycles. The van der Waals surface area contributed by atoms with E-state index in [0.717, 1.165) is 12.6 Å². The molecule has 5 heterocycles. The summed E-state index contributed by atoms with van der Waals surface area (Å²) in [5.74, 6) is -3.94. The first-order chi connectivity index (χ1) is 27.9. The quantitative estimate of drug-likeness (QED) is 0.136. The van der Waals surface area contributed by atoms with Crippen molar-refractivity contribution in [2.24, 2.45) is 17.8 Å². The second kappa shape index (κ2) is 15.3. The van der Waals surface area contributed by atoms with Gasteiger partial charge in [0, 0.05) is 86.6 Å². The van der Waals surface area contributed by atoms with Crippen molar-refractivity contribution in [1.82, 2.24) is 34.8 Å². The zero-order chi connectivity index (χ0) is 41.9. The molecule has 0 aromatic carbocycles. The molecule has 2 bridgehead atoms. The minimum Gasteiger partial charge on any atom is -0.474 e. The molecule has 4 unspecified atom stereocenters. The lowest BCUT2D eigenvalue weighted by atomic mass is 9.78. The van der Waals surface area contributed by atoms with Crippen LogP contribution in [0.1, 0.15) is 114 Å². The zero-order valence-electron chi connectivity index (χ0n) is 33.6. The molecule has 1 amide bonds. The van der Waals surface area contributed by atoms with Gasteiger partial charge in [-0.15, -0.1) is 0 Å². The fourth-order valence-electron chi connectivity index (χ4n) is 9.66. The van der Waals surface area contributed by atoms with Crippen LogP contribution in [0.15, 0.2) is 43.0 Å². The third-order valence-corrected chi connectivity index (χ3v) is 12.3. The highest BCUT2D eigenvalue weighted by atomic mass is 19.4. The molecular weight excluding hydrogens is 776 g/mol. The van der Waals surface area contributed by atoms with Gasteiger partial charge in [0.15, 0.2) is 11.5 Å². The number of nitrogens with zero attached hydrogens (tertiary/aromatic N) is 7. The largest absolute Gasteiger partial charge is 0.474 e. The lowest BCUT2D eigenvalue weighted by molar-refractivity contribution is -0.164. The van der Waals surface area contributed by atoms with Gasteiger partial charge in [0.05, 0.1) is 5.56 Å². The molecule has 8 rings (SSSR count). The Bertz CT molecular complexity index is 2190. The van der Waals surface area contributed by atoms with E-state index in [2.05, 4.69) is 37.1 Å². The van der Waals surface area contributed by atoms with Crippen molar-refractivity contribution in [2.75, 3.05) is 18.0 Å². The number of halogens is 5. The van der Waals surface area contributed by atoms with Crippen LogP contribution in [0.25, 0.3) is 22.4 Å². The predicted molar refractivity (Wildman–Crippen MR) is 207 cm³/mol. The van der Waals surface area contributed by atoms with Crippen LogP contribution < -0.4 is 15.0 Å². The number of amides is 1. The van der Waals surface area contributed by atoms with E-state index in [-0.39, 0.29) is 73.2 Å². The van der Waals surface area contributed by atoms with Crippen molar-refractivity contribution in [3.8, 4) is 17.3 Å². The number of aromatic nitrogens is 6. The van der Waals surface area contributed by atoms with Crippen molar-refractivity contribution >= 4 is 28.9 Å². The molecular formula is C42H49F5N8O4. The molecule has 1 saturated heterocycles. The highest BCUT2D eigenvalue weighted by Gasteiger charge is 2.58. The van der Waals surface area contributed by atoms with Gasteiger partial charge in [-0.05, 0) is 89.2 Å². The first-order valence-electron chi connectivity index (χ1n) is 20.5. The number of fused-ring (bicyclic) bond motifs is 3. The number of esters is 1. The number of ether oxygens (including phenoxy) is 2. The second-order valence-corrected chi connectivity index (χ2v) is 17.9. The molecule has 1 N–H and O–H groups in total. The standard InChI is InChI=1S/C42H49F5N8O4/c1-24-18-25-20-26(19-24)41(21-25,37(57)59-39(2,3)4)53-36(56)30-22-50-34(52-33(30)42(45,46)47)31-23-55(27-8-12-40(43,44)13-9-27)35-29(31)6-7-32(51-35)58-28-10-16-54(17-11-28)38-48-14-5-15-49-38/h5-7,14-15,22-28H,8-13,16-21H2,1-4H3,(H,53,56). The average molecular weight is 825 g/mol. The molecule has 17 heteroatoms. The first kappa shape index (κ1) is 40.8. The fraction of sp³-hybridized carbons (Fsp3) is 0.595. The van der Waals surface area contributed by atoms with E-state index in [4.69, 9.17) is 14.5 Å². The third kappa shape index (κ3) is 8.43. The Morgan fingerprint density at radius 1 is 0.932 bits per heavy atom. The van der Waals surface area contributed by atoms with Crippen molar-refractivity contribution in [3.05, 3.63) is 54.2 Å². The van der Waals surface area contributed by atoms with E-state index in [1.54, 1.807) is 62.1 Å². The first-order valence-corrected chi connectivity index (χ1v) is 20.5.